The van der Waals surface area contributed by atoms with Gasteiger partial charge in [0.2, 0.25) is 0 Å². The van der Waals surface area contributed by atoms with Gasteiger partial charge in [-0.1, -0.05) is 45.1 Å². The van der Waals surface area contributed by atoms with Crippen LogP contribution in [-0.4, -0.2) is 18.1 Å². The summed E-state index contributed by atoms with van der Waals surface area (Å²) in [6.45, 7) is 2.03. The molecule has 0 radical (unpaired) electrons. The number of carbonyl (C=O) groups is 1. The molecular weight excluding hydrogens is 310 g/mol. The van der Waals surface area contributed by atoms with Crippen LogP contribution in [0.15, 0.2) is 18.2 Å². The Kier molecular flexibility index (Phi) is 6.77. The number of aryl methyl sites for hydroxylation is 2. The van der Waals surface area contributed by atoms with E-state index in [-0.39, 0.29) is 12.0 Å². The van der Waals surface area contributed by atoms with Gasteiger partial charge in [0.15, 0.2) is 6.10 Å². The summed E-state index contributed by atoms with van der Waals surface area (Å²) < 4.78 is 6.08. The van der Waals surface area contributed by atoms with Gasteiger partial charge in [-0.3, -0.25) is 4.79 Å². The number of carbonyl (C=O) groups excluding carboxylic acids is 1. The largest absolute Gasteiger partial charge is 0.481 e. The lowest BCUT2D eigenvalue weighted by atomic mass is 9.92. The smallest absolute Gasteiger partial charge is 0.261 e. The van der Waals surface area contributed by atoms with E-state index in [2.05, 4.69) is 17.4 Å². The van der Waals surface area contributed by atoms with Crippen molar-refractivity contribution in [2.24, 2.45) is 0 Å². The molecule has 1 N–H and O–H groups in total. The molecule has 0 saturated heterocycles. The van der Waals surface area contributed by atoms with Crippen LogP contribution < -0.4 is 10.1 Å². The van der Waals surface area contributed by atoms with Crippen molar-refractivity contribution in [1.82, 2.24) is 5.32 Å². The third kappa shape index (κ3) is 5.23. The Labute approximate surface area is 152 Å². The average molecular weight is 344 g/mol. The summed E-state index contributed by atoms with van der Waals surface area (Å²) in [5.41, 5.74) is 2.85. The second kappa shape index (κ2) is 9.26. The zero-order valence-electron chi connectivity index (χ0n) is 15.7. The van der Waals surface area contributed by atoms with Crippen molar-refractivity contribution in [2.75, 3.05) is 0 Å². The van der Waals surface area contributed by atoms with Crippen LogP contribution in [0, 0.1) is 0 Å². The molecule has 0 heterocycles. The lowest BCUT2D eigenvalue weighted by Crippen LogP contribution is -2.43. The molecule has 3 nitrogen and oxygen atoms in total. The summed E-state index contributed by atoms with van der Waals surface area (Å²) in [5, 5.41) is 3.26. The van der Waals surface area contributed by atoms with Gasteiger partial charge in [-0.15, -0.1) is 0 Å². The summed E-state index contributed by atoms with van der Waals surface area (Å²) in [4.78, 5) is 12.7. The zero-order valence-corrected chi connectivity index (χ0v) is 15.7. The number of hydrogen-bond acceptors (Lipinski definition) is 2. The first-order chi connectivity index (χ1) is 12.3. The van der Waals surface area contributed by atoms with Crippen LogP contribution in [0.2, 0.25) is 0 Å². The van der Waals surface area contributed by atoms with Crippen LogP contribution in [-0.2, 0) is 17.6 Å². The van der Waals surface area contributed by atoms with Crippen molar-refractivity contribution in [1.29, 1.82) is 0 Å². The van der Waals surface area contributed by atoms with Gasteiger partial charge in [0.05, 0.1) is 0 Å². The maximum atomic E-state index is 12.7. The molecule has 1 aromatic rings. The lowest BCUT2D eigenvalue weighted by Gasteiger charge is -2.25. The van der Waals surface area contributed by atoms with Crippen LogP contribution in [0.4, 0.5) is 0 Å². The zero-order chi connectivity index (χ0) is 17.5. The molecule has 3 heteroatoms. The highest BCUT2D eigenvalue weighted by atomic mass is 16.5. The first-order valence-electron chi connectivity index (χ1n) is 10.3. The van der Waals surface area contributed by atoms with E-state index >= 15 is 0 Å². The van der Waals surface area contributed by atoms with Crippen molar-refractivity contribution in [3.8, 4) is 5.75 Å². The Bertz CT molecular complexity index is 561. The molecule has 138 valence electrons. The van der Waals surface area contributed by atoms with Crippen molar-refractivity contribution in [3.63, 3.8) is 0 Å². The SMILES string of the molecule is CCC(Oc1ccc2c(c1)CCCC2)C(=O)NC1CCCCCCC1. The summed E-state index contributed by atoms with van der Waals surface area (Å²) in [6.07, 6.45) is 13.8. The highest BCUT2D eigenvalue weighted by molar-refractivity contribution is 5.81. The van der Waals surface area contributed by atoms with Gasteiger partial charge in [0.25, 0.3) is 5.91 Å². The number of fused-ring (bicyclic) bond motifs is 1. The third-order valence-corrected chi connectivity index (χ3v) is 5.71. The number of rotatable bonds is 5. The first-order valence-corrected chi connectivity index (χ1v) is 10.3. The minimum absolute atomic E-state index is 0.0609. The maximum Gasteiger partial charge on any atom is 0.261 e. The van der Waals surface area contributed by atoms with E-state index in [1.54, 1.807) is 0 Å². The molecule has 0 aromatic heterocycles. The molecule has 1 unspecified atom stereocenters. The number of nitrogens with one attached hydrogen (secondary N) is 1. The Hall–Kier alpha value is -1.51. The van der Waals surface area contributed by atoms with Crippen LogP contribution in [0.5, 0.6) is 5.75 Å². The van der Waals surface area contributed by atoms with Gasteiger partial charge in [0, 0.05) is 6.04 Å². The number of ether oxygens (including phenoxy) is 1. The number of hydrogen-bond donors (Lipinski definition) is 1. The molecular formula is C22H33NO2. The first kappa shape index (κ1) is 18.3. The van der Waals surface area contributed by atoms with E-state index in [9.17, 15) is 4.79 Å². The highest BCUT2D eigenvalue weighted by Crippen LogP contribution is 2.26. The minimum atomic E-state index is -0.382. The molecule has 2 aliphatic rings. The van der Waals surface area contributed by atoms with Crippen LogP contribution >= 0.6 is 0 Å². The van der Waals surface area contributed by atoms with Crippen LogP contribution in [0.1, 0.15) is 82.3 Å². The summed E-state index contributed by atoms with van der Waals surface area (Å²) in [5.74, 6) is 0.908. The van der Waals surface area contributed by atoms with E-state index in [0.717, 1.165) is 25.0 Å². The molecule has 25 heavy (non-hydrogen) atoms. The molecule has 1 amide bonds. The Morgan fingerprint density at radius 1 is 1.04 bits per heavy atom. The van der Waals surface area contributed by atoms with Gasteiger partial charge in [-0.05, 0) is 68.2 Å². The van der Waals surface area contributed by atoms with Gasteiger partial charge in [-0.25, -0.2) is 0 Å². The van der Waals surface area contributed by atoms with E-state index in [1.165, 1.54) is 62.5 Å². The molecule has 1 saturated carbocycles. The topological polar surface area (TPSA) is 38.3 Å². The summed E-state index contributed by atoms with van der Waals surface area (Å²) in [6, 6.07) is 6.70. The van der Waals surface area contributed by atoms with Crippen molar-refractivity contribution in [3.05, 3.63) is 29.3 Å². The predicted octanol–water partition coefficient (Wildman–Crippen LogP) is 4.95. The van der Waals surface area contributed by atoms with E-state index in [0.29, 0.717) is 12.5 Å². The molecule has 2 aliphatic carbocycles. The fourth-order valence-corrected chi connectivity index (χ4v) is 4.16. The Morgan fingerprint density at radius 2 is 1.72 bits per heavy atom. The van der Waals surface area contributed by atoms with Crippen LogP contribution in [0.3, 0.4) is 0 Å². The molecule has 0 bridgehead atoms. The number of benzene rings is 1. The summed E-state index contributed by atoms with van der Waals surface area (Å²) in [7, 11) is 0. The average Bonchev–Trinajstić information content (AvgIpc) is 2.61. The molecule has 0 aliphatic heterocycles. The van der Waals surface area contributed by atoms with E-state index in [1.807, 2.05) is 13.0 Å². The fraction of sp³-hybridized carbons (Fsp3) is 0.682. The minimum Gasteiger partial charge on any atom is -0.481 e. The van der Waals surface area contributed by atoms with Gasteiger partial charge >= 0.3 is 0 Å². The quantitative estimate of drug-likeness (QED) is 0.821. The molecule has 1 atom stereocenters. The molecule has 1 aromatic carbocycles. The Balaban J connectivity index is 1.58. The molecule has 1 fully saturated rings. The molecule has 3 rings (SSSR count). The van der Waals surface area contributed by atoms with Crippen LogP contribution in [0.25, 0.3) is 0 Å². The Morgan fingerprint density at radius 3 is 2.44 bits per heavy atom. The van der Waals surface area contributed by atoms with Gasteiger partial charge < -0.3 is 10.1 Å². The van der Waals surface area contributed by atoms with Crippen molar-refractivity contribution in [2.45, 2.75) is 96.1 Å². The second-order valence-electron chi connectivity index (χ2n) is 7.70. The predicted molar refractivity (Wildman–Crippen MR) is 102 cm³/mol. The second-order valence-corrected chi connectivity index (χ2v) is 7.70. The maximum absolute atomic E-state index is 12.7. The number of amides is 1. The molecule has 0 spiro atoms. The summed E-state index contributed by atoms with van der Waals surface area (Å²) >= 11 is 0. The highest BCUT2D eigenvalue weighted by Gasteiger charge is 2.22. The monoisotopic (exact) mass is 343 g/mol. The fourth-order valence-electron chi connectivity index (χ4n) is 4.16. The van der Waals surface area contributed by atoms with Gasteiger partial charge in [-0.2, -0.15) is 0 Å². The normalized spacial score (nSPS) is 20.0. The van der Waals surface area contributed by atoms with Gasteiger partial charge in [0.1, 0.15) is 5.75 Å². The van der Waals surface area contributed by atoms with E-state index in [4.69, 9.17) is 4.74 Å². The van der Waals surface area contributed by atoms with E-state index < -0.39 is 0 Å². The lowest BCUT2D eigenvalue weighted by molar-refractivity contribution is -0.129. The van der Waals surface area contributed by atoms with Crippen molar-refractivity contribution < 1.29 is 9.53 Å². The standard InChI is InChI=1S/C22H33NO2/c1-2-21(22(24)23-19-12-6-4-3-5-7-13-19)25-20-15-14-17-10-8-9-11-18(17)16-20/h14-16,19,21H,2-13H2,1H3,(H,23,24). The van der Waals surface area contributed by atoms with Crippen molar-refractivity contribution >= 4 is 5.91 Å². The third-order valence-electron chi connectivity index (χ3n) is 5.71.